The van der Waals surface area contributed by atoms with Gasteiger partial charge in [0.2, 0.25) is 0 Å². The van der Waals surface area contributed by atoms with Crippen LogP contribution in [0.15, 0.2) is 0 Å². The lowest BCUT2D eigenvalue weighted by atomic mass is 10.3. The van der Waals surface area contributed by atoms with Crippen LogP contribution in [0.1, 0.15) is 27.7 Å². The maximum atomic E-state index is 11.4. The van der Waals surface area contributed by atoms with Gasteiger partial charge in [0, 0.05) is 6.92 Å². The third-order valence-corrected chi connectivity index (χ3v) is 1.94. The van der Waals surface area contributed by atoms with Crippen molar-refractivity contribution in [1.29, 1.82) is 0 Å². The van der Waals surface area contributed by atoms with Crippen LogP contribution < -0.4 is 0 Å². The summed E-state index contributed by atoms with van der Waals surface area (Å²) in [4.78, 5) is 43.8. The Morgan fingerprint density at radius 1 is 0.789 bits per heavy atom. The maximum absolute atomic E-state index is 11.4. The number of ether oxygens (including phenoxy) is 3. The Balaban J connectivity index is 4.32. The molecular weight excluding hydrogens is 260 g/mol. The third-order valence-electron chi connectivity index (χ3n) is 1.94. The standard InChI is InChI=1S/C11H16O8/c1-5(9(13)14)18-11(16)7(3)19-10(15)6(2)17-8(4)12/h5-7H,1-4H3,(H,13,14)/t5-,6+,7-/m0/s1. The van der Waals surface area contributed by atoms with Crippen molar-refractivity contribution in [3.8, 4) is 0 Å². The van der Waals surface area contributed by atoms with E-state index in [9.17, 15) is 19.2 Å². The van der Waals surface area contributed by atoms with Gasteiger partial charge in [-0.1, -0.05) is 0 Å². The van der Waals surface area contributed by atoms with Crippen LogP contribution >= 0.6 is 0 Å². The zero-order valence-corrected chi connectivity index (χ0v) is 11.0. The number of esters is 3. The number of rotatable bonds is 6. The van der Waals surface area contributed by atoms with Crippen molar-refractivity contribution in [2.45, 2.75) is 46.0 Å². The van der Waals surface area contributed by atoms with E-state index >= 15 is 0 Å². The first-order valence-electron chi connectivity index (χ1n) is 5.46. The molecule has 0 saturated heterocycles. The molecule has 0 aliphatic rings. The molecule has 0 bridgehead atoms. The second-order valence-electron chi connectivity index (χ2n) is 3.75. The monoisotopic (exact) mass is 276 g/mol. The fourth-order valence-electron chi connectivity index (χ4n) is 0.936. The first kappa shape index (κ1) is 16.9. The normalized spacial score (nSPS) is 14.7. The molecule has 8 heteroatoms. The predicted octanol–water partition coefficient (Wildman–Crippen LogP) is -0.114. The molecule has 3 atom stereocenters. The molecule has 0 radical (unpaired) electrons. The van der Waals surface area contributed by atoms with Crippen molar-refractivity contribution in [2.75, 3.05) is 0 Å². The zero-order valence-electron chi connectivity index (χ0n) is 11.0. The summed E-state index contributed by atoms with van der Waals surface area (Å²) in [5.74, 6) is -3.92. The lowest BCUT2D eigenvalue weighted by Gasteiger charge is -2.17. The predicted molar refractivity (Wildman–Crippen MR) is 60.0 cm³/mol. The number of hydrogen-bond acceptors (Lipinski definition) is 7. The quantitative estimate of drug-likeness (QED) is 0.527. The van der Waals surface area contributed by atoms with Crippen LogP contribution in [0.2, 0.25) is 0 Å². The Kier molecular flexibility index (Phi) is 6.53. The lowest BCUT2D eigenvalue weighted by Crippen LogP contribution is -2.35. The smallest absolute Gasteiger partial charge is 0.347 e. The number of carboxylic acid groups (broad SMARTS) is 1. The average molecular weight is 276 g/mol. The van der Waals surface area contributed by atoms with Gasteiger partial charge in [0.1, 0.15) is 0 Å². The van der Waals surface area contributed by atoms with Crippen LogP contribution in [-0.4, -0.2) is 47.3 Å². The van der Waals surface area contributed by atoms with E-state index in [1.165, 1.54) is 13.8 Å². The molecule has 0 amide bonds. The summed E-state index contributed by atoms with van der Waals surface area (Å²) in [5.41, 5.74) is 0. The van der Waals surface area contributed by atoms with Crippen molar-refractivity contribution in [3.63, 3.8) is 0 Å². The van der Waals surface area contributed by atoms with Crippen LogP contribution in [0, 0.1) is 0 Å². The Bertz CT molecular complexity index is 375. The SMILES string of the molecule is CC(=O)O[C@H](C)C(=O)O[C@@H](C)C(=O)O[C@@H](C)C(=O)O. The van der Waals surface area contributed by atoms with Gasteiger partial charge in [-0.3, -0.25) is 4.79 Å². The van der Waals surface area contributed by atoms with Gasteiger partial charge in [-0.2, -0.15) is 0 Å². The highest BCUT2D eigenvalue weighted by molar-refractivity contribution is 5.84. The van der Waals surface area contributed by atoms with Gasteiger partial charge in [0.15, 0.2) is 18.3 Å². The lowest BCUT2D eigenvalue weighted by molar-refractivity contribution is -0.180. The Labute approximate surface area is 109 Å². The highest BCUT2D eigenvalue weighted by Crippen LogP contribution is 2.03. The number of carbonyl (C=O) groups is 4. The van der Waals surface area contributed by atoms with Gasteiger partial charge in [0.25, 0.3) is 0 Å². The Hall–Kier alpha value is -2.12. The molecule has 19 heavy (non-hydrogen) atoms. The minimum Gasteiger partial charge on any atom is -0.479 e. The zero-order chi connectivity index (χ0) is 15.2. The molecule has 0 unspecified atom stereocenters. The largest absolute Gasteiger partial charge is 0.479 e. The summed E-state index contributed by atoms with van der Waals surface area (Å²) in [6.45, 7) is 4.78. The summed E-state index contributed by atoms with van der Waals surface area (Å²) in [6, 6.07) is 0. The summed E-state index contributed by atoms with van der Waals surface area (Å²) >= 11 is 0. The van der Waals surface area contributed by atoms with E-state index in [1.807, 2.05) is 0 Å². The van der Waals surface area contributed by atoms with Crippen LogP contribution in [0.3, 0.4) is 0 Å². The van der Waals surface area contributed by atoms with Gasteiger partial charge in [0.05, 0.1) is 0 Å². The van der Waals surface area contributed by atoms with E-state index in [2.05, 4.69) is 14.2 Å². The molecule has 0 saturated carbocycles. The first-order valence-corrected chi connectivity index (χ1v) is 5.46. The molecule has 1 N–H and O–H groups in total. The second kappa shape index (κ2) is 7.34. The molecule has 0 rings (SSSR count). The van der Waals surface area contributed by atoms with Gasteiger partial charge in [-0.15, -0.1) is 0 Å². The molecule has 0 fully saturated rings. The van der Waals surface area contributed by atoms with E-state index in [-0.39, 0.29) is 0 Å². The average Bonchev–Trinajstić information content (AvgIpc) is 2.27. The van der Waals surface area contributed by atoms with Gasteiger partial charge >= 0.3 is 23.9 Å². The first-order chi connectivity index (χ1) is 8.65. The third kappa shape index (κ3) is 6.39. The number of aliphatic carboxylic acids is 1. The molecule has 8 nitrogen and oxygen atoms in total. The van der Waals surface area contributed by atoms with Gasteiger partial charge < -0.3 is 19.3 Å². The second-order valence-corrected chi connectivity index (χ2v) is 3.75. The Morgan fingerprint density at radius 2 is 1.16 bits per heavy atom. The fourth-order valence-corrected chi connectivity index (χ4v) is 0.936. The molecule has 0 aromatic carbocycles. The highest BCUT2D eigenvalue weighted by atomic mass is 16.6. The molecular formula is C11H16O8. The van der Waals surface area contributed by atoms with E-state index in [0.29, 0.717) is 0 Å². The molecule has 0 spiro atoms. The van der Waals surface area contributed by atoms with Gasteiger partial charge in [-0.05, 0) is 20.8 Å². The van der Waals surface area contributed by atoms with Crippen LogP contribution in [0.25, 0.3) is 0 Å². The summed E-state index contributed by atoms with van der Waals surface area (Å²) < 4.78 is 13.7. The fraction of sp³-hybridized carbons (Fsp3) is 0.636. The molecule has 0 heterocycles. The number of carbonyl (C=O) groups excluding carboxylic acids is 3. The minimum absolute atomic E-state index is 0.667. The van der Waals surface area contributed by atoms with Crippen molar-refractivity contribution >= 4 is 23.9 Å². The van der Waals surface area contributed by atoms with Crippen molar-refractivity contribution in [1.82, 2.24) is 0 Å². The van der Waals surface area contributed by atoms with Crippen molar-refractivity contribution in [2.24, 2.45) is 0 Å². The molecule has 0 aliphatic carbocycles. The summed E-state index contributed by atoms with van der Waals surface area (Å²) in [5, 5.41) is 8.54. The topological polar surface area (TPSA) is 116 Å². The maximum Gasteiger partial charge on any atom is 0.347 e. The van der Waals surface area contributed by atoms with E-state index in [4.69, 9.17) is 5.11 Å². The van der Waals surface area contributed by atoms with Crippen LogP contribution in [0.5, 0.6) is 0 Å². The minimum atomic E-state index is -1.35. The number of hydrogen-bond donors (Lipinski definition) is 1. The van der Waals surface area contributed by atoms with E-state index in [0.717, 1.165) is 13.8 Å². The molecule has 0 aliphatic heterocycles. The van der Waals surface area contributed by atoms with Crippen LogP contribution in [-0.2, 0) is 33.4 Å². The highest BCUT2D eigenvalue weighted by Gasteiger charge is 2.27. The number of carboxylic acids is 1. The van der Waals surface area contributed by atoms with E-state index < -0.39 is 42.2 Å². The van der Waals surface area contributed by atoms with Crippen LogP contribution in [0.4, 0.5) is 0 Å². The van der Waals surface area contributed by atoms with Crippen molar-refractivity contribution < 1.29 is 38.5 Å². The molecule has 0 aromatic rings. The summed E-state index contributed by atoms with van der Waals surface area (Å²) in [7, 11) is 0. The Morgan fingerprint density at radius 3 is 1.53 bits per heavy atom. The van der Waals surface area contributed by atoms with Crippen molar-refractivity contribution in [3.05, 3.63) is 0 Å². The summed E-state index contributed by atoms with van der Waals surface area (Å²) in [6.07, 6.45) is -3.81. The molecule has 108 valence electrons. The van der Waals surface area contributed by atoms with E-state index in [1.54, 1.807) is 0 Å². The van der Waals surface area contributed by atoms with Gasteiger partial charge in [-0.25, -0.2) is 14.4 Å². The molecule has 0 aromatic heterocycles.